The fourth-order valence-electron chi connectivity index (χ4n) is 2.78. The molecule has 3 aromatic heterocycles. The largest absolute Gasteiger partial charge is 0.325 e. The maximum atomic E-state index is 13.2. The van der Waals surface area contributed by atoms with Crippen molar-refractivity contribution in [3.05, 3.63) is 77.5 Å². The van der Waals surface area contributed by atoms with Crippen LogP contribution in [0.25, 0.3) is 28.2 Å². The highest BCUT2D eigenvalue weighted by Crippen LogP contribution is 2.27. The van der Waals surface area contributed by atoms with Crippen LogP contribution in [-0.4, -0.2) is 14.4 Å². The van der Waals surface area contributed by atoms with Gasteiger partial charge in [0.25, 0.3) is 0 Å². The molecule has 0 fully saturated rings. The van der Waals surface area contributed by atoms with Crippen LogP contribution >= 0.6 is 11.6 Å². The predicted octanol–water partition coefficient (Wildman–Crippen LogP) is 4.31. The minimum absolute atomic E-state index is 0.280. The molecule has 0 bridgehead atoms. The SMILES string of the molecule is NCc1cc(-c2cnc3cc(Cl)ccn23)cc(-c2ccc(F)cc2)n1. The molecule has 0 unspecified atom stereocenters. The third-order valence-corrected chi connectivity index (χ3v) is 4.23. The Hall–Kier alpha value is -2.76. The molecule has 0 aliphatic rings. The maximum Gasteiger partial charge on any atom is 0.138 e. The summed E-state index contributed by atoms with van der Waals surface area (Å²) in [4.78, 5) is 8.96. The van der Waals surface area contributed by atoms with Gasteiger partial charge < -0.3 is 5.73 Å². The summed E-state index contributed by atoms with van der Waals surface area (Å²) in [6.45, 7) is 0.310. The van der Waals surface area contributed by atoms with Crippen LogP contribution in [0.4, 0.5) is 4.39 Å². The lowest BCUT2D eigenvalue weighted by Crippen LogP contribution is -2.02. The van der Waals surface area contributed by atoms with Crippen LogP contribution in [0.1, 0.15) is 5.69 Å². The molecule has 0 aliphatic heterocycles. The molecule has 3 heterocycles. The molecule has 0 aliphatic carbocycles. The molecule has 4 nitrogen and oxygen atoms in total. The van der Waals surface area contributed by atoms with Crippen molar-refractivity contribution in [3.63, 3.8) is 0 Å². The molecule has 0 spiro atoms. The Bertz CT molecular complexity index is 1060. The number of hydrogen-bond acceptors (Lipinski definition) is 3. The second kappa shape index (κ2) is 6.27. The van der Waals surface area contributed by atoms with Crippen molar-refractivity contribution in [2.24, 2.45) is 5.73 Å². The van der Waals surface area contributed by atoms with Crippen molar-refractivity contribution in [3.8, 4) is 22.5 Å². The molecule has 2 N–H and O–H groups in total. The van der Waals surface area contributed by atoms with Crippen LogP contribution in [-0.2, 0) is 6.54 Å². The Kier molecular flexibility index (Phi) is 3.95. The first-order valence-electron chi connectivity index (χ1n) is 7.74. The fraction of sp³-hybridized carbons (Fsp3) is 0.0526. The first kappa shape index (κ1) is 15.7. The Morgan fingerprint density at radius 3 is 2.60 bits per heavy atom. The number of rotatable bonds is 3. The van der Waals surface area contributed by atoms with Gasteiger partial charge in [0.05, 0.1) is 23.3 Å². The molecule has 6 heteroatoms. The van der Waals surface area contributed by atoms with Gasteiger partial charge >= 0.3 is 0 Å². The number of halogens is 2. The van der Waals surface area contributed by atoms with Crippen LogP contribution in [0.3, 0.4) is 0 Å². The summed E-state index contributed by atoms with van der Waals surface area (Å²) in [6.07, 6.45) is 3.66. The summed E-state index contributed by atoms with van der Waals surface area (Å²) in [5, 5.41) is 0.633. The highest BCUT2D eigenvalue weighted by molar-refractivity contribution is 6.30. The topological polar surface area (TPSA) is 56.2 Å². The highest BCUT2D eigenvalue weighted by Gasteiger charge is 2.11. The van der Waals surface area contributed by atoms with E-state index >= 15 is 0 Å². The van der Waals surface area contributed by atoms with Crippen LogP contribution < -0.4 is 5.73 Å². The van der Waals surface area contributed by atoms with Crippen molar-refractivity contribution < 1.29 is 4.39 Å². The summed E-state index contributed by atoms with van der Waals surface area (Å²) in [7, 11) is 0. The third-order valence-electron chi connectivity index (χ3n) is 4.00. The number of imidazole rings is 1. The van der Waals surface area contributed by atoms with Crippen molar-refractivity contribution in [1.29, 1.82) is 0 Å². The monoisotopic (exact) mass is 352 g/mol. The van der Waals surface area contributed by atoms with Crippen LogP contribution in [0.2, 0.25) is 5.02 Å². The van der Waals surface area contributed by atoms with Crippen molar-refractivity contribution >= 4 is 17.2 Å². The molecule has 0 radical (unpaired) electrons. The van der Waals surface area contributed by atoms with Crippen molar-refractivity contribution in [2.75, 3.05) is 0 Å². The molecule has 0 atom stereocenters. The number of nitrogens with two attached hydrogens (primary N) is 1. The minimum atomic E-state index is -0.280. The second-order valence-electron chi connectivity index (χ2n) is 5.66. The van der Waals surface area contributed by atoms with Gasteiger partial charge in [0, 0.05) is 35.0 Å². The molecule has 0 saturated heterocycles. The van der Waals surface area contributed by atoms with Gasteiger partial charge in [0.15, 0.2) is 0 Å². The molecule has 124 valence electrons. The van der Waals surface area contributed by atoms with Crippen molar-refractivity contribution in [2.45, 2.75) is 6.54 Å². The first-order valence-corrected chi connectivity index (χ1v) is 8.12. The number of pyridine rings is 2. The smallest absolute Gasteiger partial charge is 0.138 e. The highest BCUT2D eigenvalue weighted by atomic mass is 35.5. The van der Waals surface area contributed by atoms with Gasteiger partial charge in [-0.1, -0.05) is 11.6 Å². The predicted molar refractivity (Wildman–Crippen MR) is 96.7 cm³/mol. The molecule has 25 heavy (non-hydrogen) atoms. The quantitative estimate of drug-likeness (QED) is 0.597. The third kappa shape index (κ3) is 2.99. The zero-order valence-corrected chi connectivity index (χ0v) is 13.9. The van der Waals surface area contributed by atoms with E-state index in [2.05, 4.69) is 9.97 Å². The standard InChI is InChI=1S/C19H14ClFN4/c20-14-5-6-25-18(11-23-19(25)9-14)13-7-16(10-22)24-17(8-13)12-1-3-15(21)4-2-12/h1-9,11H,10,22H2. The van der Waals surface area contributed by atoms with E-state index in [1.54, 1.807) is 24.4 Å². The summed E-state index contributed by atoms with van der Waals surface area (Å²) < 4.78 is 15.1. The first-order chi connectivity index (χ1) is 12.1. The van der Waals surface area contributed by atoms with Gasteiger partial charge in [-0.25, -0.2) is 9.37 Å². The summed E-state index contributed by atoms with van der Waals surface area (Å²) in [5.41, 5.74) is 10.7. The molecule has 4 aromatic rings. The van der Waals surface area contributed by atoms with E-state index in [1.807, 2.05) is 28.8 Å². The van der Waals surface area contributed by atoms with E-state index in [-0.39, 0.29) is 5.82 Å². The van der Waals surface area contributed by atoms with Gasteiger partial charge in [-0.2, -0.15) is 0 Å². The summed E-state index contributed by atoms with van der Waals surface area (Å²) >= 11 is 6.03. The van der Waals surface area contributed by atoms with E-state index in [1.165, 1.54) is 12.1 Å². The minimum Gasteiger partial charge on any atom is -0.325 e. The maximum absolute atomic E-state index is 13.2. The number of benzene rings is 1. The molecule has 1 aromatic carbocycles. The molecule has 0 saturated carbocycles. The Labute approximate surface area is 148 Å². The normalized spacial score (nSPS) is 11.2. The number of hydrogen-bond donors (Lipinski definition) is 1. The lowest BCUT2D eigenvalue weighted by Gasteiger charge is -2.09. The molecule has 4 rings (SSSR count). The van der Waals surface area contributed by atoms with E-state index < -0.39 is 0 Å². The second-order valence-corrected chi connectivity index (χ2v) is 6.10. The molecule has 0 amide bonds. The average Bonchev–Trinajstić information content (AvgIpc) is 3.05. The molecular weight excluding hydrogens is 339 g/mol. The van der Waals surface area contributed by atoms with E-state index in [9.17, 15) is 4.39 Å². The van der Waals surface area contributed by atoms with Crippen LogP contribution in [0, 0.1) is 5.82 Å². The van der Waals surface area contributed by atoms with E-state index in [0.29, 0.717) is 11.6 Å². The van der Waals surface area contributed by atoms with Gasteiger partial charge in [-0.15, -0.1) is 0 Å². The number of aromatic nitrogens is 3. The van der Waals surface area contributed by atoms with Gasteiger partial charge in [0.2, 0.25) is 0 Å². The van der Waals surface area contributed by atoms with Crippen LogP contribution in [0.5, 0.6) is 0 Å². The number of fused-ring (bicyclic) bond motifs is 1. The lowest BCUT2D eigenvalue weighted by atomic mass is 10.1. The van der Waals surface area contributed by atoms with E-state index in [0.717, 1.165) is 33.9 Å². The Morgan fingerprint density at radius 1 is 1.04 bits per heavy atom. The Morgan fingerprint density at radius 2 is 1.84 bits per heavy atom. The number of nitrogens with zero attached hydrogens (tertiary/aromatic N) is 3. The van der Waals surface area contributed by atoms with Gasteiger partial charge in [-0.05, 0) is 42.5 Å². The molecular formula is C19H14ClFN4. The van der Waals surface area contributed by atoms with Crippen molar-refractivity contribution in [1.82, 2.24) is 14.4 Å². The summed E-state index contributed by atoms with van der Waals surface area (Å²) in [6, 6.07) is 13.7. The lowest BCUT2D eigenvalue weighted by molar-refractivity contribution is 0.628. The van der Waals surface area contributed by atoms with Gasteiger partial charge in [0.1, 0.15) is 11.5 Å². The fourth-order valence-corrected chi connectivity index (χ4v) is 2.93. The van der Waals surface area contributed by atoms with E-state index in [4.69, 9.17) is 17.3 Å². The van der Waals surface area contributed by atoms with Crippen LogP contribution in [0.15, 0.2) is 60.9 Å². The van der Waals surface area contributed by atoms with Gasteiger partial charge in [-0.3, -0.25) is 9.38 Å². The average molecular weight is 353 g/mol. The zero-order chi connectivity index (χ0) is 17.4. The summed E-state index contributed by atoms with van der Waals surface area (Å²) in [5.74, 6) is -0.280. The zero-order valence-electron chi connectivity index (χ0n) is 13.2. The Balaban J connectivity index is 1.89.